The molecule has 1 fully saturated rings. The summed E-state index contributed by atoms with van der Waals surface area (Å²) >= 11 is 0. The zero-order chi connectivity index (χ0) is 24.9. The Balaban J connectivity index is 1.54. The topological polar surface area (TPSA) is 122 Å². The average molecular weight is 476 g/mol. The number of anilines is 1. The molecule has 1 heterocycles. The van der Waals surface area contributed by atoms with Crippen molar-refractivity contribution >= 4 is 29.3 Å². The molecule has 1 aliphatic rings. The number of primary amides is 1. The second-order valence-electron chi connectivity index (χ2n) is 7.86. The molecule has 2 aromatic carbocycles. The maximum atomic E-state index is 12.7. The van der Waals surface area contributed by atoms with Gasteiger partial charge in [-0.05, 0) is 55.3 Å². The lowest BCUT2D eigenvalue weighted by Gasteiger charge is -2.31. The molecule has 2 aromatic rings. The summed E-state index contributed by atoms with van der Waals surface area (Å²) in [6.45, 7) is 0.264. The Morgan fingerprint density at radius 1 is 0.971 bits per heavy atom. The van der Waals surface area contributed by atoms with Crippen molar-refractivity contribution in [1.29, 1.82) is 0 Å². The fourth-order valence-corrected chi connectivity index (χ4v) is 3.58. The number of nitrogens with zero attached hydrogens (tertiary/aromatic N) is 1. The van der Waals surface area contributed by atoms with Crippen LogP contribution in [0.2, 0.25) is 0 Å². The maximum Gasteiger partial charge on any atom is 0.416 e. The lowest BCUT2D eigenvalue weighted by atomic mass is 9.95. The summed E-state index contributed by atoms with van der Waals surface area (Å²) in [5, 5.41) is 5.11. The smallest absolute Gasteiger partial charge is 0.368 e. The largest absolute Gasteiger partial charge is 0.416 e. The number of halogens is 3. The first kappa shape index (κ1) is 24.7. The first-order valence-electron chi connectivity index (χ1n) is 10.5. The number of carbonyl (C=O) groups excluding carboxylic acids is 4. The van der Waals surface area contributed by atoms with Gasteiger partial charge in [-0.3, -0.25) is 19.2 Å². The normalized spacial score (nSPS) is 14.4. The van der Waals surface area contributed by atoms with Crippen LogP contribution in [0.5, 0.6) is 0 Å². The molecule has 4 N–H and O–H groups in total. The number of hydrogen-bond acceptors (Lipinski definition) is 4. The number of nitrogens with two attached hydrogens (primary N) is 1. The predicted octanol–water partition coefficient (Wildman–Crippen LogP) is 2.41. The Hall–Kier alpha value is -3.89. The number of likely N-dealkylation sites (tertiary alicyclic amines) is 1. The van der Waals surface area contributed by atoms with Crippen LogP contribution in [-0.4, -0.2) is 48.2 Å². The van der Waals surface area contributed by atoms with Gasteiger partial charge in [0.25, 0.3) is 11.8 Å². The van der Waals surface area contributed by atoms with Crippen molar-refractivity contribution in [3.05, 3.63) is 65.2 Å². The van der Waals surface area contributed by atoms with E-state index in [2.05, 4.69) is 10.6 Å². The highest BCUT2D eigenvalue weighted by atomic mass is 19.4. The molecular weight excluding hydrogens is 453 g/mol. The van der Waals surface area contributed by atoms with Gasteiger partial charge in [-0.2, -0.15) is 13.2 Å². The first-order chi connectivity index (χ1) is 16.0. The van der Waals surface area contributed by atoms with Crippen molar-refractivity contribution in [3.8, 4) is 0 Å². The summed E-state index contributed by atoms with van der Waals surface area (Å²) in [6.07, 6.45) is -3.70. The Bertz CT molecular complexity index is 1080. The molecule has 180 valence electrons. The van der Waals surface area contributed by atoms with E-state index in [0.717, 1.165) is 24.3 Å². The summed E-state index contributed by atoms with van der Waals surface area (Å²) in [5.41, 5.74) is 4.98. The van der Waals surface area contributed by atoms with Crippen molar-refractivity contribution in [2.24, 2.45) is 11.7 Å². The maximum absolute atomic E-state index is 12.7. The minimum Gasteiger partial charge on any atom is -0.368 e. The van der Waals surface area contributed by atoms with E-state index >= 15 is 0 Å². The van der Waals surface area contributed by atoms with Gasteiger partial charge >= 0.3 is 6.18 Å². The minimum absolute atomic E-state index is 0.155. The third kappa shape index (κ3) is 6.33. The summed E-state index contributed by atoms with van der Waals surface area (Å²) < 4.78 is 38.1. The van der Waals surface area contributed by atoms with Crippen LogP contribution in [0.15, 0.2) is 48.5 Å². The van der Waals surface area contributed by atoms with E-state index in [-0.39, 0.29) is 48.5 Å². The molecule has 0 saturated carbocycles. The van der Waals surface area contributed by atoms with Crippen molar-refractivity contribution in [2.45, 2.75) is 19.0 Å². The monoisotopic (exact) mass is 476 g/mol. The van der Waals surface area contributed by atoms with Gasteiger partial charge in [0.15, 0.2) is 0 Å². The molecule has 0 aliphatic carbocycles. The first-order valence-corrected chi connectivity index (χ1v) is 10.5. The van der Waals surface area contributed by atoms with Crippen LogP contribution in [0, 0.1) is 5.92 Å². The minimum atomic E-state index is -4.47. The van der Waals surface area contributed by atoms with Gasteiger partial charge < -0.3 is 21.3 Å². The molecular formula is C23H23F3N4O4. The van der Waals surface area contributed by atoms with Crippen LogP contribution < -0.4 is 16.4 Å². The SMILES string of the molecule is NC(=O)CNC(=O)c1cccc(NC(=O)C2CCN(C(=O)c3ccc(C(F)(F)F)cc3)CC2)c1. The molecule has 0 radical (unpaired) electrons. The van der Waals surface area contributed by atoms with Crippen molar-refractivity contribution in [1.82, 2.24) is 10.2 Å². The molecule has 11 heteroatoms. The fourth-order valence-electron chi connectivity index (χ4n) is 3.58. The molecule has 0 bridgehead atoms. The Morgan fingerprint density at radius 3 is 2.21 bits per heavy atom. The van der Waals surface area contributed by atoms with E-state index in [4.69, 9.17) is 5.73 Å². The lowest BCUT2D eigenvalue weighted by Crippen LogP contribution is -2.41. The van der Waals surface area contributed by atoms with Crippen molar-refractivity contribution in [2.75, 3.05) is 25.0 Å². The number of nitrogens with one attached hydrogen (secondary N) is 2. The van der Waals surface area contributed by atoms with Gasteiger partial charge in [-0.1, -0.05) is 6.07 Å². The summed E-state index contributed by atoms with van der Waals surface area (Å²) in [4.78, 5) is 49.6. The molecule has 3 rings (SSSR count). The van der Waals surface area contributed by atoms with Gasteiger partial charge in [0.2, 0.25) is 11.8 Å². The third-order valence-corrected chi connectivity index (χ3v) is 5.43. The molecule has 0 unspecified atom stereocenters. The van der Waals surface area contributed by atoms with Gasteiger partial charge in [-0.25, -0.2) is 0 Å². The van der Waals surface area contributed by atoms with Crippen LogP contribution in [0.3, 0.4) is 0 Å². The van der Waals surface area contributed by atoms with Gasteiger partial charge in [0, 0.05) is 35.8 Å². The molecule has 0 atom stereocenters. The predicted molar refractivity (Wildman–Crippen MR) is 117 cm³/mol. The lowest BCUT2D eigenvalue weighted by molar-refractivity contribution is -0.137. The number of piperidine rings is 1. The zero-order valence-electron chi connectivity index (χ0n) is 18.0. The summed E-state index contributed by atoms with van der Waals surface area (Å²) in [6, 6.07) is 10.2. The second kappa shape index (κ2) is 10.4. The molecule has 0 spiro atoms. The van der Waals surface area contributed by atoms with E-state index in [1.54, 1.807) is 12.1 Å². The van der Waals surface area contributed by atoms with Crippen LogP contribution >= 0.6 is 0 Å². The molecule has 34 heavy (non-hydrogen) atoms. The molecule has 0 aromatic heterocycles. The van der Waals surface area contributed by atoms with Gasteiger partial charge in [-0.15, -0.1) is 0 Å². The van der Waals surface area contributed by atoms with Crippen LogP contribution in [0.25, 0.3) is 0 Å². The standard InChI is InChI=1S/C23H23F3N4O4/c24-23(25,26)17-6-4-15(5-7-17)22(34)30-10-8-14(9-11-30)21(33)29-18-3-1-2-16(12-18)20(32)28-13-19(27)31/h1-7,12,14H,8-11,13H2,(H2,27,31)(H,28,32)(H,29,33). The van der Waals surface area contributed by atoms with E-state index < -0.39 is 23.6 Å². The molecule has 8 nitrogen and oxygen atoms in total. The van der Waals surface area contributed by atoms with Crippen LogP contribution in [0.4, 0.5) is 18.9 Å². The molecule has 4 amide bonds. The number of benzene rings is 2. The fraction of sp³-hybridized carbons (Fsp3) is 0.304. The second-order valence-corrected chi connectivity index (χ2v) is 7.86. The van der Waals surface area contributed by atoms with E-state index in [9.17, 15) is 32.3 Å². The highest BCUT2D eigenvalue weighted by Gasteiger charge is 2.31. The van der Waals surface area contributed by atoms with Crippen LogP contribution in [-0.2, 0) is 15.8 Å². The summed E-state index contributed by atoms with van der Waals surface area (Å²) in [7, 11) is 0. The zero-order valence-corrected chi connectivity index (χ0v) is 18.0. The quantitative estimate of drug-likeness (QED) is 0.593. The molecule has 1 aliphatic heterocycles. The number of carbonyl (C=O) groups is 4. The average Bonchev–Trinajstić information content (AvgIpc) is 2.81. The number of alkyl halides is 3. The van der Waals surface area contributed by atoms with Crippen molar-refractivity contribution in [3.63, 3.8) is 0 Å². The van der Waals surface area contributed by atoms with Crippen LogP contribution in [0.1, 0.15) is 39.1 Å². The van der Waals surface area contributed by atoms with Gasteiger partial charge in [0.1, 0.15) is 0 Å². The van der Waals surface area contributed by atoms with E-state index in [1.807, 2.05) is 0 Å². The van der Waals surface area contributed by atoms with E-state index in [1.165, 1.54) is 17.0 Å². The van der Waals surface area contributed by atoms with E-state index in [0.29, 0.717) is 18.5 Å². The highest BCUT2D eigenvalue weighted by Crippen LogP contribution is 2.29. The van der Waals surface area contributed by atoms with Gasteiger partial charge in [0.05, 0.1) is 12.1 Å². The highest BCUT2D eigenvalue weighted by molar-refractivity contribution is 5.99. The Kier molecular flexibility index (Phi) is 7.54. The summed E-state index contributed by atoms with van der Waals surface area (Å²) in [5.74, 6) is -2.21. The number of rotatable bonds is 6. The third-order valence-electron chi connectivity index (χ3n) is 5.43. The Morgan fingerprint density at radius 2 is 1.62 bits per heavy atom. The molecule has 1 saturated heterocycles. The number of hydrogen-bond donors (Lipinski definition) is 3. The number of amides is 4. The Labute approximate surface area is 193 Å². The van der Waals surface area contributed by atoms with Crippen molar-refractivity contribution < 1.29 is 32.3 Å².